The lowest BCUT2D eigenvalue weighted by Crippen LogP contribution is -1.85. The standard InChI is InChI=1S/C12H8N2O2/c15-11-9-7(3-1-5-13-9)8-4-2-6-14-10(8)12(11)16/h1-6,15-16H. The Morgan fingerprint density at radius 3 is 1.62 bits per heavy atom. The summed E-state index contributed by atoms with van der Waals surface area (Å²) in [6, 6.07) is 7.24. The van der Waals surface area contributed by atoms with Crippen molar-refractivity contribution in [2.45, 2.75) is 0 Å². The lowest BCUT2D eigenvalue weighted by atomic mass is 10.1. The Bertz CT molecular complexity index is 634. The number of pyridine rings is 2. The number of nitrogens with zero attached hydrogens (tertiary/aromatic N) is 2. The van der Waals surface area contributed by atoms with Crippen LogP contribution in [0.2, 0.25) is 0 Å². The smallest absolute Gasteiger partial charge is 0.186 e. The molecule has 0 spiro atoms. The van der Waals surface area contributed by atoms with Crippen LogP contribution in [0.25, 0.3) is 21.8 Å². The van der Waals surface area contributed by atoms with E-state index in [4.69, 9.17) is 0 Å². The van der Waals surface area contributed by atoms with Gasteiger partial charge in [-0.25, -0.2) is 0 Å². The van der Waals surface area contributed by atoms with E-state index < -0.39 is 0 Å². The maximum absolute atomic E-state index is 9.80. The minimum absolute atomic E-state index is 0.221. The minimum Gasteiger partial charge on any atom is -0.503 e. The quantitative estimate of drug-likeness (QED) is 0.443. The van der Waals surface area contributed by atoms with E-state index in [9.17, 15) is 10.2 Å². The number of fused-ring (bicyclic) bond motifs is 3. The Labute approximate surface area is 90.8 Å². The molecule has 0 fully saturated rings. The first-order valence-corrected chi connectivity index (χ1v) is 4.82. The summed E-state index contributed by atoms with van der Waals surface area (Å²) in [6.07, 6.45) is 3.15. The molecule has 0 unspecified atom stereocenters. The fourth-order valence-electron chi connectivity index (χ4n) is 1.85. The van der Waals surface area contributed by atoms with Gasteiger partial charge in [0.25, 0.3) is 0 Å². The van der Waals surface area contributed by atoms with Crippen LogP contribution in [-0.4, -0.2) is 20.2 Å². The van der Waals surface area contributed by atoms with Gasteiger partial charge in [-0.1, -0.05) is 12.1 Å². The van der Waals surface area contributed by atoms with Crippen LogP contribution >= 0.6 is 0 Å². The van der Waals surface area contributed by atoms with Crippen molar-refractivity contribution in [2.75, 3.05) is 0 Å². The number of hydrogen-bond acceptors (Lipinski definition) is 4. The van der Waals surface area contributed by atoms with Crippen LogP contribution in [0.3, 0.4) is 0 Å². The number of aromatic nitrogens is 2. The zero-order chi connectivity index (χ0) is 11.1. The first-order valence-electron chi connectivity index (χ1n) is 4.82. The van der Waals surface area contributed by atoms with Crippen molar-refractivity contribution in [2.24, 2.45) is 0 Å². The summed E-state index contributed by atoms with van der Waals surface area (Å²) in [7, 11) is 0. The molecule has 0 bridgehead atoms. The van der Waals surface area contributed by atoms with E-state index in [0.717, 1.165) is 10.8 Å². The van der Waals surface area contributed by atoms with E-state index in [1.807, 2.05) is 12.1 Å². The number of benzene rings is 1. The van der Waals surface area contributed by atoms with Crippen LogP contribution in [0.5, 0.6) is 11.5 Å². The zero-order valence-corrected chi connectivity index (χ0v) is 8.25. The van der Waals surface area contributed by atoms with E-state index in [1.165, 1.54) is 0 Å². The number of rotatable bonds is 0. The number of phenols is 2. The average molecular weight is 212 g/mol. The van der Waals surface area contributed by atoms with Crippen LogP contribution in [0.15, 0.2) is 36.7 Å². The Hall–Kier alpha value is -2.36. The molecule has 0 saturated carbocycles. The topological polar surface area (TPSA) is 66.2 Å². The molecule has 2 aromatic heterocycles. The van der Waals surface area contributed by atoms with Gasteiger partial charge in [0.2, 0.25) is 0 Å². The molecule has 0 aliphatic carbocycles. The molecule has 0 aliphatic heterocycles. The van der Waals surface area contributed by atoms with E-state index in [1.54, 1.807) is 24.5 Å². The van der Waals surface area contributed by atoms with Gasteiger partial charge in [0.05, 0.1) is 0 Å². The monoisotopic (exact) mass is 212 g/mol. The van der Waals surface area contributed by atoms with Crippen molar-refractivity contribution < 1.29 is 10.2 Å². The van der Waals surface area contributed by atoms with Gasteiger partial charge in [0.15, 0.2) is 11.5 Å². The SMILES string of the molecule is Oc1c(O)c2ncccc2c2cccnc12. The number of aromatic hydroxyl groups is 2. The van der Waals surface area contributed by atoms with Crippen molar-refractivity contribution in [1.29, 1.82) is 0 Å². The van der Waals surface area contributed by atoms with Gasteiger partial charge in [-0.3, -0.25) is 9.97 Å². The van der Waals surface area contributed by atoms with E-state index in [2.05, 4.69) is 9.97 Å². The van der Waals surface area contributed by atoms with Crippen molar-refractivity contribution in [3.8, 4) is 11.5 Å². The Kier molecular flexibility index (Phi) is 1.71. The van der Waals surface area contributed by atoms with Crippen molar-refractivity contribution in [1.82, 2.24) is 9.97 Å². The average Bonchev–Trinajstić information content (AvgIpc) is 2.36. The van der Waals surface area contributed by atoms with Gasteiger partial charge < -0.3 is 10.2 Å². The highest BCUT2D eigenvalue weighted by molar-refractivity contribution is 6.10. The summed E-state index contributed by atoms with van der Waals surface area (Å²) in [5.74, 6) is -0.441. The van der Waals surface area contributed by atoms with Crippen LogP contribution in [0.4, 0.5) is 0 Å². The second kappa shape index (κ2) is 3.06. The van der Waals surface area contributed by atoms with Crippen molar-refractivity contribution >= 4 is 21.8 Å². The molecule has 0 atom stereocenters. The molecule has 0 saturated heterocycles. The van der Waals surface area contributed by atoms with Gasteiger partial charge in [0.1, 0.15) is 11.0 Å². The van der Waals surface area contributed by atoms with Gasteiger partial charge in [0, 0.05) is 23.2 Å². The van der Waals surface area contributed by atoms with Crippen LogP contribution < -0.4 is 0 Å². The first kappa shape index (κ1) is 8.91. The predicted molar refractivity (Wildman–Crippen MR) is 60.4 cm³/mol. The third kappa shape index (κ3) is 1.04. The molecule has 3 rings (SSSR count). The minimum atomic E-state index is -0.221. The van der Waals surface area contributed by atoms with E-state index in [-0.39, 0.29) is 11.5 Å². The van der Waals surface area contributed by atoms with Gasteiger partial charge in [-0.2, -0.15) is 0 Å². The van der Waals surface area contributed by atoms with Gasteiger partial charge in [-0.15, -0.1) is 0 Å². The largest absolute Gasteiger partial charge is 0.503 e. The summed E-state index contributed by atoms with van der Waals surface area (Å²) in [5, 5.41) is 21.2. The van der Waals surface area contributed by atoms with Gasteiger partial charge in [-0.05, 0) is 12.1 Å². The third-order valence-corrected chi connectivity index (χ3v) is 2.58. The van der Waals surface area contributed by atoms with Crippen LogP contribution in [0.1, 0.15) is 0 Å². The predicted octanol–water partition coefficient (Wildman–Crippen LogP) is 2.19. The maximum atomic E-state index is 9.80. The Morgan fingerprint density at radius 1 is 0.750 bits per heavy atom. The number of hydrogen-bond donors (Lipinski definition) is 2. The molecule has 4 nitrogen and oxygen atoms in total. The molecule has 16 heavy (non-hydrogen) atoms. The third-order valence-electron chi connectivity index (χ3n) is 2.58. The summed E-state index contributed by atoms with van der Waals surface area (Å²) in [6.45, 7) is 0. The Balaban J connectivity index is 2.69. The molecule has 0 aliphatic rings. The molecule has 1 aromatic carbocycles. The zero-order valence-electron chi connectivity index (χ0n) is 8.25. The fraction of sp³-hybridized carbons (Fsp3) is 0. The normalized spacial score (nSPS) is 11.0. The molecular formula is C12H8N2O2. The molecular weight excluding hydrogens is 204 g/mol. The summed E-state index contributed by atoms with van der Waals surface area (Å²) in [4.78, 5) is 8.11. The molecule has 2 N–H and O–H groups in total. The highest BCUT2D eigenvalue weighted by atomic mass is 16.3. The second-order valence-electron chi connectivity index (χ2n) is 3.50. The Morgan fingerprint density at radius 2 is 1.19 bits per heavy atom. The summed E-state index contributed by atoms with van der Waals surface area (Å²) < 4.78 is 0. The summed E-state index contributed by atoms with van der Waals surface area (Å²) >= 11 is 0. The molecule has 4 heteroatoms. The van der Waals surface area contributed by atoms with Crippen LogP contribution in [-0.2, 0) is 0 Å². The lowest BCUT2D eigenvalue weighted by molar-refractivity contribution is 0.411. The molecule has 0 radical (unpaired) electrons. The molecule has 3 aromatic rings. The fourth-order valence-corrected chi connectivity index (χ4v) is 1.85. The molecule has 2 heterocycles. The van der Waals surface area contributed by atoms with E-state index >= 15 is 0 Å². The van der Waals surface area contributed by atoms with Crippen molar-refractivity contribution in [3.63, 3.8) is 0 Å². The summed E-state index contributed by atoms with van der Waals surface area (Å²) in [5.41, 5.74) is 0.779. The number of phenolic OH excluding ortho intramolecular Hbond substituents is 2. The molecule has 0 amide bonds. The molecule has 78 valence electrons. The first-order chi connectivity index (χ1) is 7.79. The highest BCUT2D eigenvalue weighted by Crippen LogP contribution is 2.39. The van der Waals surface area contributed by atoms with Crippen LogP contribution in [0, 0.1) is 0 Å². The van der Waals surface area contributed by atoms with Gasteiger partial charge >= 0.3 is 0 Å². The lowest BCUT2D eigenvalue weighted by Gasteiger charge is -2.06. The maximum Gasteiger partial charge on any atom is 0.186 e. The second-order valence-corrected chi connectivity index (χ2v) is 3.50. The van der Waals surface area contributed by atoms with Crippen molar-refractivity contribution in [3.05, 3.63) is 36.7 Å². The highest BCUT2D eigenvalue weighted by Gasteiger charge is 2.13. The van der Waals surface area contributed by atoms with E-state index in [0.29, 0.717) is 11.0 Å².